The maximum Gasteiger partial charge on any atom is 0.363 e. The third-order valence-corrected chi connectivity index (χ3v) is 4.66. The molecule has 0 saturated carbocycles. The molecule has 0 fully saturated rings. The van der Waals surface area contributed by atoms with Crippen LogP contribution in [0.4, 0.5) is 10.1 Å². The van der Waals surface area contributed by atoms with E-state index >= 15 is 0 Å². The molecule has 0 bridgehead atoms. The molecule has 1 aliphatic rings. The van der Waals surface area contributed by atoms with Crippen LogP contribution in [-0.2, 0) is 9.53 Å². The van der Waals surface area contributed by atoms with Gasteiger partial charge in [-0.25, -0.2) is 14.2 Å². The number of cyclic esters (lactones) is 1. The van der Waals surface area contributed by atoms with Crippen molar-refractivity contribution in [3.63, 3.8) is 0 Å². The summed E-state index contributed by atoms with van der Waals surface area (Å²) in [5.74, 6) is -0.444. The van der Waals surface area contributed by atoms with Gasteiger partial charge in [-0.05, 0) is 48.9 Å². The fourth-order valence-corrected chi connectivity index (χ4v) is 3.17. The van der Waals surface area contributed by atoms with E-state index in [9.17, 15) is 19.3 Å². The normalized spacial score (nSPS) is 14.7. The maximum absolute atomic E-state index is 13.4. The molecule has 30 heavy (non-hydrogen) atoms. The molecule has 0 amide bonds. The number of rotatable bonds is 4. The largest absolute Gasteiger partial charge is 0.457 e. The van der Waals surface area contributed by atoms with Gasteiger partial charge in [-0.3, -0.25) is 10.1 Å². The first-order chi connectivity index (χ1) is 14.3. The minimum absolute atomic E-state index is 0.00414. The van der Waals surface area contributed by atoms with Crippen molar-refractivity contribution in [3.8, 4) is 11.3 Å². The molecule has 0 aliphatic carbocycles. The lowest BCUT2D eigenvalue weighted by atomic mass is 10.1. The van der Waals surface area contributed by atoms with Crippen molar-refractivity contribution in [1.29, 1.82) is 0 Å². The van der Waals surface area contributed by atoms with E-state index in [1.807, 2.05) is 0 Å². The Labute approximate surface area is 174 Å². The SMILES string of the molecule is Cc1cc([N+](=O)[O-])c(Cl)cc1-c1ccc(/C=C2\N=C(c3cccc(F)c3)OC2=O)o1. The third-order valence-electron chi connectivity index (χ3n) is 4.35. The zero-order valence-corrected chi connectivity index (χ0v) is 16.1. The quantitative estimate of drug-likeness (QED) is 0.244. The Morgan fingerprint density at radius 1 is 1.20 bits per heavy atom. The number of benzene rings is 2. The highest BCUT2D eigenvalue weighted by atomic mass is 35.5. The Bertz CT molecular complexity index is 1260. The number of carbonyl (C=O) groups excluding carboxylic acids is 1. The van der Waals surface area contributed by atoms with Gasteiger partial charge < -0.3 is 9.15 Å². The molecule has 1 aromatic heterocycles. The first kappa shape index (κ1) is 19.5. The lowest BCUT2D eigenvalue weighted by molar-refractivity contribution is -0.384. The Kier molecular flexibility index (Phi) is 4.93. The van der Waals surface area contributed by atoms with Crippen molar-refractivity contribution in [1.82, 2.24) is 0 Å². The summed E-state index contributed by atoms with van der Waals surface area (Å²) >= 11 is 5.99. The van der Waals surface area contributed by atoms with Crippen LogP contribution < -0.4 is 0 Å². The number of hydrogen-bond donors (Lipinski definition) is 0. The molecule has 4 rings (SSSR count). The lowest BCUT2D eigenvalue weighted by Gasteiger charge is -2.04. The van der Waals surface area contributed by atoms with Crippen LogP contribution in [0.2, 0.25) is 5.02 Å². The summed E-state index contributed by atoms with van der Waals surface area (Å²) in [4.78, 5) is 26.7. The number of ether oxygens (including phenoxy) is 1. The highest BCUT2D eigenvalue weighted by Crippen LogP contribution is 2.34. The van der Waals surface area contributed by atoms with Crippen LogP contribution >= 0.6 is 11.6 Å². The maximum atomic E-state index is 13.4. The van der Waals surface area contributed by atoms with Crippen molar-refractivity contribution < 1.29 is 23.3 Å². The van der Waals surface area contributed by atoms with Gasteiger partial charge in [-0.2, -0.15) is 0 Å². The second-order valence-electron chi connectivity index (χ2n) is 6.42. The number of carbonyl (C=O) groups is 1. The van der Waals surface area contributed by atoms with Crippen LogP contribution in [0.25, 0.3) is 17.4 Å². The highest BCUT2D eigenvalue weighted by Gasteiger charge is 2.25. The van der Waals surface area contributed by atoms with E-state index < -0.39 is 16.7 Å². The highest BCUT2D eigenvalue weighted by molar-refractivity contribution is 6.33. The minimum atomic E-state index is -0.693. The summed E-state index contributed by atoms with van der Waals surface area (Å²) in [6.07, 6.45) is 1.39. The van der Waals surface area contributed by atoms with E-state index in [2.05, 4.69) is 4.99 Å². The van der Waals surface area contributed by atoms with Crippen LogP contribution in [0.3, 0.4) is 0 Å². The number of furan rings is 1. The van der Waals surface area contributed by atoms with Crippen molar-refractivity contribution >= 4 is 35.2 Å². The van der Waals surface area contributed by atoms with Crippen molar-refractivity contribution in [2.45, 2.75) is 6.92 Å². The van der Waals surface area contributed by atoms with Crippen molar-refractivity contribution in [3.05, 3.63) is 92.1 Å². The number of nitrogens with zero attached hydrogens (tertiary/aromatic N) is 2. The van der Waals surface area contributed by atoms with E-state index in [4.69, 9.17) is 20.8 Å². The standard InChI is InChI=1S/C21H12ClFN2O5/c1-11-7-18(25(27)28)16(22)10-15(11)19-6-5-14(29-19)9-17-21(26)30-20(24-17)12-3-2-4-13(23)8-12/h2-10H,1H3/b17-9-. The molecule has 0 saturated heterocycles. The summed E-state index contributed by atoms with van der Waals surface area (Å²) < 4.78 is 24.2. The van der Waals surface area contributed by atoms with Crippen LogP contribution in [0.1, 0.15) is 16.9 Å². The molecular formula is C21H12ClFN2O5. The van der Waals surface area contributed by atoms with Crippen LogP contribution in [-0.4, -0.2) is 16.8 Å². The average Bonchev–Trinajstić information content (AvgIpc) is 3.30. The first-order valence-corrected chi connectivity index (χ1v) is 9.03. The van der Waals surface area contributed by atoms with Gasteiger partial charge in [0.25, 0.3) is 5.69 Å². The number of aliphatic imine (C=N–C) groups is 1. The predicted molar refractivity (Wildman–Crippen MR) is 108 cm³/mol. The fraction of sp³-hybridized carbons (Fsp3) is 0.0476. The summed E-state index contributed by atoms with van der Waals surface area (Å²) in [6, 6.07) is 11.6. The van der Waals surface area contributed by atoms with Gasteiger partial charge >= 0.3 is 5.97 Å². The Hall–Kier alpha value is -3.78. The van der Waals surface area contributed by atoms with Crippen LogP contribution in [0.5, 0.6) is 0 Å². The Balaban J connectivity index is 1.65. The second-order valence-corrected chi connectivity index (χ2v) is 6.83. The van der Waals surface area contributed by atoms with Gasteiger partial charge in [0, 0.05) is 23.3 Å². The zero-order chi connectivity index (χ0) is 21.4. The number of esters is 1. The van der Waals surface area contributed by atoms with Gasteiger partial charge in [0.1, 0.15) is 22.4 Å². The second kappa shape index (κ2) is 7.57. The third kappa shape index (κ3) is 3.72. The van der Waals surface area contributed by atoms with Gasteiger partial charge in [-0.1, -0.05) is 17.7 Å². The smallest absolute Gasteiger partial charge is 0.363 e. The Morgan fingerprint density at radius 2 is 2.00 bits per heavy atom. The van der Waals surface area contributed by atoms with Crippen LogP contribution in [0.15, 0.2) is 63.6 Å². The van der Waals surface area contributed by atoms with E-state index in [1.54, 1.807) is 25.1 Å². The molecule has 9 heteroatoms. The summed E-state index contributed by atoms with van der Waals surface area (Å²) in [6.45, 7) is 1.70. The van der Waals surface area contributed by atoms with Gasteiger partial charge in [0.2, 0.25) is 5.90 Å². The number of halogens is 2. The Morgan fingerprint density at radius 3 is 2.73 bits per heavy atom. The van der Waals surface area contributed by atoms with E-state index in [-0.39, 0.29) is 22.3 Å². The lowest BCUT2D eigenvalue weighted by Crippen LogP contribution is -2.05. The molecule has 150 valence electrons. The molecule has 0 radical (unpaired) electrons. The zero-order valence-electron chi connectivity index (χ0n) is 15.4. The fourth-order valence-electron chi connectivity index (χ4n) is 2.94. The van der Waals surface area contributed by atoms with E-state index in [0.29, 0.717) is 28.2 Å². The average molecular weight is 427 g/mol. The number of hydrogen-bond acceptors (Lipinski definition) is 6. The summed E-state index contributed by atoms with van der Waals surface area (Å²) in [5.41, 5.74) is 1.32. The molecule has 1 aliphatic heterocycles. The molecule has 2 aromatic carbocycles. The molecule has 2 heterocycles. The number of nitro benzene ring substituents is 1. The van der Waals surface area contributed by atoms with Crippen molar-refractivity contribution in [2.75, 3.05) is 0 Å². The minimum Gasteiger partial charge on any atom is -0.457 e. The first-order valence-electron chi connectivity index (χ1n) is 8.65. The summed E-state index contributed by atoms with van der Waals surface area (Å²) in [5, 5.41) is 11.0. The topological polar surface area (TPSA) is 94.9 Å². The van der Waals surface area contributed by atoms with E-state index in [0.717, 1.165) is 0 Å². The number of nitro groups is 1. The van der Waals surface area contributed by atoms with Crippen LogP contribution in [0, 0.1) is 22.9 Å². The molecule has 3 aromatic rings. The monoisotopic (exact) mass is 426 g/mol. The molecular weight excluding hydrogens is 415 g/mol. The van der Waals surface area contributed by atoms with Gasteiger partial charge in [-0.15, -0.1) is 0 Å². The van der Waals surface area contributed by atoms with Gasteiger partial charge in [0.15, 0.2) is 5.70 Å². The molecule has 0 spiro atoms. The number of aryl methyl sites for hydroxylation is 1. The molecule has 0 atom stereocenters. The molecule has 0 unspecified atom stereocenters. The predicted octanol–water partition coefficient (Wildman–Crippen LogP) is 5.30. The van der Waals surface area contributed by atoms with E-state index in [1.165, 1.54) is 36.4 Å². The summed E-state index contributed by atoms with van der Waals surface area (Å²) in [7, 11) is 0. The van der Waals surface area contributed by atoms with Gasteiger partial charge in [0.05, 0.1) is 4.92 Å². The molecule has 7 nitrogen and oxygen atoms in total. The van der Waals surface area contributed by atoms with Crippen molar-refractivity contribution in [2.24, 2.45) is 4.99 Å². The molecule has 0 N–H and O–H groups in total.